The maximum absolute atomic E-state index is 13.1. The number of urea groups is 1. The Labute approximate surface area is 159 Å². The average Bonchev–Trinajstić information content (AvgIpc) is 3.23. The summed E-state index contributed by atoms with van der Waals surface area (Å²) in [5, 5.41) is 2.84. The van der Waals surface area contributed by atoms with E-state index in [9.17, 15) is 14.4 Å². The molecular formula is C20H28N4O3. The molecule has 146 valence electrons. The van der Waals surface area contributed by atoms with Gasteiger partial charge in [-0.3, -0.25) is 9.59 Å². The van der Waals surface area contributed by atoms with Gasteiger partial charge < -0.3 is 16.0 Å². The van der Waals surface area contributed by atoms with E-state index in [0.717, 1.165) is 23.3 Å². The van der Waals surface area contributed by atoms with Crippen LogP contribution in [0.1, 0.15) is 44.6 Å². The van der Waals surface area contributed by atoms with Crippen LogP contribution in [0, 0.1) is 0 Å². The number of amides is 4. The van der Waals surface area contributed by atoms with Crippen LogP contribution < -0.4 is 11.1 Å². The van der Waals surface area contributed by atoms with Crippen molar-refractivity contribution >= 4 is 17.8 Å². The van der Waals surface area contributed by atoms with Crippen LogP contribution in [0.25, 0.3) is 0 Å². The number of hydrogen-bond donors (Lipinski definition) is 2. The van der Waals surface area contributed by atoms with E-state index in [1.165, 1.54) is 0 Å². The molecule has 1 spiro atoms. The van der Waals surface area contributed by atoms with Crippen molar-refractivity contribution in [1.29, 1.82) is 0 Å². The van der Waals surface area contributed by atoms with Crippen molar-refractivity contribution in [2.75, 3.05) is 13.1 Å². The molecule has 0 aromatic heterocycles. The molecule has 3 N–H and O–H groups in total. The second-order valence-electron chi connectivity index (χ2n) is 7.46. The van der Waals surface area contributed by atoms with Crippen molar-refractivity contribution < 1.29 is 14.4 Å². The van der Waals surface area contributed by atoms with Crippen molar-refractivity contribution in [3.05, 3.63) is 35.9 Å². The normalized spacial score (nSPS) is 19.4. The maximum atomic E-state index is 13.1. The third-order valence-corrected chi connectivity index (χ3v) is 5.56. The average molecular weight is 372 g/mol. The predicted molar refractivity (Wildman–Crippen MR) is 102 cm³/mol. The molecule has 1 aliphatic heterocycles. The number of hydrogen-bond acceptors (Lipinski definition) is 4. The van der Waals surface area contributed by atoms with Crippen LogP contribution in [0.2, 0.25) is 0 Å². The van der Waals surface area contributed by atoms with Gasteiger partial charge in [-0.1, -0.05) is 43.2 Å². The Morgan fingerprint density at radius 1 is 1.26 bits per heavy atom. The number of rotatable bonds is 7. The minimum absolute atomic E-state index is 0.231. The summed E-state index contributed by atoms with van der Waals surface area (Å²) in [4.78, 5) is 41.4. The van der Waals surface area contributed by atoms with Gasteiger partial charge in [-0.25, -0.2) is 9.69 Å². The first-order valence-electron chi connectivity index (χ1n) is 9.67. The van der Waals surface area contributed by atoms with Gasteiger partial charge in [0.2, 0.25) is 5.91 Å². The van der Waals surface area contributed by atoms with Gasteiger partial charge >= 0.3 is 6.03 Å². The van der Waals surface area contributed by atoms with Gasteiger partial charge in [0.15, 0.2) is 0 Å². The summed E-state index contributed by atoms with van der Waals surface area (Å²) in [5.41, 5.74) is 5.83. The highest BCUT2D eigenvalue weighted by molar-refractivity contribution is 6.09. The van der Waals surface area contributed by atoms with Crippen molar-refractivity contribution in [1.82, 2.24) is 15.1 Å². The molecule has 1 saturated carbocycles. The van der Waals surface area contributed by atoms with Crippen molar-refractivity contribution in [3.8, 4) is 0 Å². The molecule has 1 aliphatic carbocycles. The molecule has 1 aromatic rings. The van der Waals surface area contributed by atoms with Gasteiger partial charge in [-0.2, -0.15) is 0 Å². The lowest BCUT2D eigenvalue weighted by molar-refractivity contribution is -0.143. The first-order chi connectivity index (χ1) is 13.0. The zero-order valence-electron chi connectivity index (χ0n) is 15.8. The largest absolute Gasteiger partial charge is 0.337 e. The Bertz CT molecular complexity index is 700. The Hall–Kier alpha value is -2.41. The topological polar surface area (TPSA) is 95.7 Å². The molecule has 27 heavy (non-hydrogen) atoms. The summed E-state index contributed by atoms with van der Waals surface area (Å²) in [5.74, 6) is -0.491. The number of imide groups is 1. The van der Waals surface area contributed by atoms with E-state index in [4.69, 9.17) is 5.73 Å². The van der Waals surface area contributed by atoms with E-state index in [1.54, 1.807) is 11.8 Å². The van der Waals surface area contributed by atoms with E-state index in [1.807, 2.05) is 30.3 Å². The molecule has 1 saturated heterocycles. The van der Waals surface area contributed by atoms with Gasteiger partial charge in [-0.05, 0) is 38.3 Å². The smallest absolute Gasteiger partial charge is 0.325 e. The van der Waals surface area contributed by atoms with Crippen molar-refractivity contribution in [2.45, 2.75) is 57.2 Å². The fourth-order valence-electron chi connectivity index (χ4n) is 4.04. The molecule has 7 nitrogen and oxygen atoms in total. The first kappa shape index (κ1) is 19.4. The second kappa shape index (κ2) is 8.08. The molecule has 1 aromatic carbocycles. The summed E-state index contributed by atoms with van der Waals surface area (Å²) in [7, 11) is 0. The molecule has 2 aliphatic rings. The van der Waals surface area contributed by atoms with Gasteiger partial charge in [-0.15, -0.1) is 0 Å². The highest BCUT2D eigenvalue weighted by atomic mass is 16.2. The molecule has 0 radical (unpaired) electrons. The fraction of sp³-hybridized carbons (Fsp3) is 0.550. The Kier molecular flexibility index (Phi) is 5.79. The highest BCUT2D eigenvalue weighted by Crippen LogP contribution is 2.36. The summed E-state index contributed by atoms with van der Waals surface area (Å²) in [6.45, 7) is 3.02. The van der Waals surface area contributed by atoms with Gasteiger partial charge in [0, 0.05) is 13.1 Å². The minimum Gasteiger partial charge on any atom is -0.337 e. The number of carbonyl (C=O) groups excluding carboxylic acids is 3. The van der Waals surface area contributed by atoms with Crippen LogP contribution >= 0.6 is 0 Å². The molecule has 1 atom stereocenters. The van der Waals surface area contributed by atoms with E-state index in [2.05, 4.69) is 5.32 Å². The number of carbonyl (C=O) groups is 3. The molecule has 3 rings (SSSR count). The molecule has 2 fully saturated rings. The van der Waals surface area contributed by atoms with E-state index >= 15 is 0 Å². The highest BCUT2D eigenvalue weighted by Gasteiger charge is 2.54. The number of nitrogens with one attached hydrogen (secondary N) is 1. The van der Waals surface area contributed by atoms with Crippen molar-refractivity contribution in [2.24, 2.45) is 5.73 Å². The second-order valence-corrected chi connectivity index (χ2v) is 7.46. The van der Waals surface area contributed by atoms with Gasteiger partial charge in [0.25, 0.3) is 5.91 Å². The summed E-state index contributed by atoms with van der Waals surface area (Å²) in [6.07, 6.45) is 3.79. The zero-order valence-corrected chi connectivity index (χ0v) is 15.8. The lowest BCUT2D eigenvalue weighted by Gasteiger charge is -2.30. The lowest BCUT2D eigenvalue weighted by atomic mass is 9.97. The SMILES string of the molecule is CC(C(=O)N(CCCN)Cc1ccccc1)N1C(=O)NC2(CCCC2)C1=O. The third-order valence-electron chi connectivity index (χ3n) is 5.56. The van der Waals surface area contributed by atoms with Crippen LogP contribution in [0.3, 0.4) is 0 Å². The van der Waals surface area contributed by atoms with Crippen LogP contribution in [0.15, 0.2) is 30.3 Å². The lowest BCUT2D eigenvalue weighted by Crippen LogP contribution is -2.51. The Morgan fingerprint density at radius 2 is 1.93 bits per heavy atom. The van der Waals surface area contributed by atoms with E-state index in [-0.39, 0.29) is 11.8 Å². The number of nitrogens with two attached hydrogens (primary N) is 1. The van der Waals surface area contributed by atoms with Crippen LogP contribution in [0.5, 0.6) is 0 Å². The number of nitrogens with zero attached hydrogens (tertiary/aromatic N) is 2. The fourth-order valence-corrected chi connectivity index (χ4v) is 4.04. The van der Waals surface area contributed by atoms with Crippen LogP contribution in [-0.2, 0) is 16.1 Å². The Morgan fingerprint density at radius 3 is 2.56 bits per heavy atom. The molecule has 1 heterocycles. The summed E-state index contributed by atoms with van der Waals surface area (Å²) < 4.78 is 0. The molecule has 7 heteroatoms. The molecule has 0 bridgehead atoms. The molecular weight excluding hydrogens is 344 g/mol. The van der Waals surface area contributed by atoms with Crippen molar-refractivity contribution in [3.63, 3.8) is 0 Å². The van der Waals surface area contributed by atoms with E-state index in [0.29, 0.717) is 38.9 Å². The first-order valence-corrected chi connectivity index (χ1v) is 9.67. The minimum atomic E-state index is -0.834. The maximum Gasteiger partial charge on any atom is 0.325 e. The zero-order chi connectivity index (χ0) is 19.4. The predicted octanol–water partition coefficient (Wildman–Crippen LogP) is 1.62. The van der Waals surface area contributed by atoms with Crippen LogP contribution in [0.4, 0.5) is 4.79 Å². The molecule has 1 unspecified atom stereocenters. The summed E-state index contributed by atoms with van der Waals surface area (Å²) >= 11 is 0. The van der Waals surface area contributed by atoms with Crippen LogP contribution in [-0.4, -0.2) is 52.3 Å². The summed E-state index contributed by atoms with van der Waals surface area (Å²) in [6, 6.07) is 8.38. The number of benzene rings is 1. The van der Waals surface area contributed by atoms with Gasteiger partial charge in [0.05, 0.1) is 0 Å². The quantitative estimate of drug-likeness (QED) is 0.711. The molecule has 4 amide bonds. The monoisotopic (exact) mass is 372 g/mol. The van der Waals surface area contributed by atoms with E-state index < -0.39 is 17.6 Å². The third kappa shape index (κ3) is 3.83. The van der Waals surface area contributed by atoms with Gasteiger partial charge in [0.1, 0.15) is 11.6 Å². The standard InChI is InChI=1S/C20H28N4O3/c1-15(24-18(26)20(22-19(24)27)10-5-6-11-20)17(25)23(13-7-12-21)14-16-8-3-2-4-9-16/h2-4,8-9,15H,5-7,10-14,21H2,1H3,(H,22,27). The Balaban J connectivity index is 1.76.